The summed E-state index contributed by atoms with van der Waals surface area (Å²) in [5.74, 6) is -0.675. The fraction of sp³-hybridized carbons (Fsp3) is 0.882. The lowest BCUT2D eigenvalue weighted by atomic mass is 9.67. The summed E-state index contributed by atoms with van der Waals surface area (Å²) in [5.41, 5.74) is 0.238. The van der Waals surface area contributed by atoms with Crippen molar-refractivity contribution < 1.29 is 14.7 Å². The first-order chi connectivity index (χ1) is 9.81. The molecule has 2 saturated carbocycles. The summed E-state index contributed by atoms with van der Waals surface area (Å²) in [6, 6.07) is 0.297. The van der Waals surface area contributed by atoms with Crippen molar-refractivity contribution in [3.05, 3.63) is 0 Å². The lowest BCUT2D eigenvalue weighted by molar-refractivity contribution is -0.143. The molecule has 0 aromatic carbocycles. The highest BCUT2D eigenvalue weighted by molar-refractivity contribution is 5.78. The van der Waals surface area contributed by atoms with Gasteiger partial charge in [0.15, 0.2) is 0 Å². The Morgan fingerprint density at radius 3 is 2.43 bits per heavy atom. The second-order valence-electron chi connectivity index (χ2n) is 7.65. The third-order valence-corrected chi connectivity index (χ3v) is 5.35. The molecule has 1 N–H and O–H groups in total. The standard InChI is InChI=1S/C17H29NO3/c1-12(16(20)21)11-18(14-7-8-14)15(19)10-13-6-4-5-9-17(13,2)3/h12-14H,4-11H2,1-3H3,(H,20,21). The molecule has 120 valence electrons. The zero-order chi connectivity index (χ0) is 15.6. The molecule has 0 aliphatic heterocycles. The molecule has 4 nitrogen and oxygen atoms in total. The molecular weight excluding hydrogens is 266 g/mol. The Bertz CT molecular complexity index is 401. The van der Waals surface area contributed by atoms with Crippen molar-refractivity contribution in [1.29, 1.82) is 0 Å². The van der Waals surface area contributed by atoms with Crippen LogP contribution in [0, 0.1) is 17.3 Å². The molecular formula is C17H29NO3. The van der Waals surface area contributed by atoms with Gasteiger partial charge in [-0.25, -0.2) is 0 Å². The number of carboxylic acid groups (broad SMARTS) is 1. The van der Waals surface area contributed by atoms with Gasteiger partial charge in [0, 0.05) is 19.0 Å². The molecule has 2 atom stereocenters. The van der Waals surface area contributed by atoms with Gasteiger partial charge in [0.25, 0.3) is 0 Å². The van der Waals surface area contributed by atoms with Crippen LogP contribution in [0.3, 0.4) is 0 Å². The first kappa shape index (κ1) is 16.3. The van der Waals surface area contributed by atoms with Crippen LogP contribution in [0.4, 0.5) is 0 Å². The molecule has 0 saturated heterocycles. The number of aliphatic carboxylic acids is 1. The number of amides is 1. The van der Waals surface area contributed by atoms with Gasteiger partial charge in [-0.05, 0) is 37.0 Å². The topological polar surface area (TPSA) is 57.6 Å². The Kier molecular flexibility index (Phi) is 4.95. The highest BCUT2D eigenvalue weighted by Gasteiger charge is 2.38. The zero-order valence-electron chi connectivity index (χ0n) is 13.6. The molecule has 2 unspecified atom stereocenters. The molecule has 1 amide bonds. The third-order valence-electron chi connectivity index (χ3n) is 5.35. The van der Waals surface area contributed by atoms with Crippen molar-refractivity contribution in [3.8, 4) is 0 Å². The highest BCUT2D eigenvalue weighted by atomic mass is 16.4. The van der Waals surface area contributed by atoms with Crippen LogP contribution in [0.15, 0.2) is 0 Å². The predicted octanol–water partition coefficient (Wildman–Crippen LogP) is 3.30. The van der Waals surface area contributed by atoms with Crippen LogP contribution >= 0.6 is 0 Å². The molecule has 0 aromatic rings. The van der Waals surface area contributed by atoms with Crippen molar-refractivity contribution in [2.45, 2.75) is 71.8 Å². The highest BCUT2D eigenvalue weighted by Crippen LogP contribution is 2.43. The SMILES string of the molecule is CC(CN(C(=O)CC1CCCCC1(C)C)C1CC1)C(=O)O. The predicted molar refractivity (Wildman–Crippen MR) is 81.9 cm³/mol. The smallest absolute Gasteiger partial charge is 0.308 e. The van der Waals surface area contributed by atoms with Crippen LogP contribution in [0.1, 0.15) is 65.7 Å². The molecule has 2 aliphatic rings. The Balaban J connectivity index is 1.97. The summed E-state index contributed by atoms with van der Waals surface area (Å²) in [5, 5.41) is 9.08. The molecule has 21 heavy (non-hydrogen) atoms. The van der Waals surface area contributed by atoms with Crippen LogP contribution in [0.2, 0.25) is 0 Å². The van der Waals surface area contributed by atoms with E-state index in [1.54, 1.807) is 6.92 Å². The van der Waals surface area contributed by atoms with Gasteiger partial charge in [-0.1, -0.05) is 33.6 Å². The van der Waals surface area contributed by atoms with Gasteiger partial charge in [-0.2, -0.15) is 0 Å². The summed E-state index contributed by atoms with van der Waals surface area (Å²) >= 11 is 0. The molecule has 4 heteroatoms. The fourth-order valence-corrected chi connectivity index (χ4v) is 3.49. The van der Waals surface area contributed by atoms with E-state index in [1.807, 2.05) is 4.90 Å². The van der Waals surface area contributed by atoms with Gasteiger partial charge < -0.3 is 10.0 Å². The van der Waals surface area contributed by atoms with Crippen molar-refractivity contribution in [1.82, 2.24) is 4.90 Å². The zero-order valence-corrected chi connectivity index (χ0v) is 13.6. The molecule has 2 rings (SSSR count). The molecule has 0 bridgehead atoms. The number of hydrogen-bond acceptors (Lipinski definition) is 2. The summed E-state index contributed by atoms with van der Waals surface area (Å²) in [4.78, 5) is 25.6. The molecule has 0 spiro atoms. The van der Waals surface area contributed by atoms with Crippen LogP contribution in [0.25, 0.3) is 0 Å². The van der Waals surface area contributed by atoms with Crippen LogP contribution in [0.5, 0.6) is 0 Å². The minimum atomic E-state index is -0.813. The van der Waals surface area contributed by atoms with E-state index in [2.05, 4.69) is 13.8 Å². The van der Waals surface area contributed by atoms with Gasteiger partial charge in [0.1, 0.15) is 0 Å². The van der Waals surface area contributed by atoms with Gasteiger partial charge in [-0.15, -0.1) is 0 Å². The Hall–Kier alpha value is -1.06. The monoisotopic (exact) mass is 295 g/mol. The van der Waals surface area contributed by atoms with Gasteiger partial charge in [-0.3, -0.25) is 9.59 Å². The molecule has 2 aliphatic carbocycles. The lowest BCUT2D eigenvalue weighted by Gasteiger charge is -2.39. The van der Waals surface area contributed by atoms with Gasteiger partial charge in [0.05, 0.1) is 5.92 Å². The van der Waals surface area contributed by atoms with Crippen molar-refractivity contribution in [2.24, 2.45) is 17.3 Å². The quantitative estimate of drug-likeness (QED) is 0.818. The van der Waals surface area contributed by atoms with Crippen molar-refractivity contribution in [2.75, 3.05) is 6.54 Å². The minimum absolute atomic E-state index is 0.172. The van der Waals surface area contributed by atoms with Crippen LogP contribution < -0.4 is 0 Å². The van der Waals surface area contributed by atoms with E-state index in [1.165, 1.54) is 19.3 Å². The second-order valence-corrected chi connectivity index (χ2v) is 7.65. The van der Waals surface area contributed by atoms with Crippen molar-refractivity contribution >= 4 is 11.9 Å². The van der Waals surface area contributed by atoms with Crippen LogP contribution in [-0.4, -0.2) is 34.5 Å². The molecule has 0 heterocycles. The van der Waals surface area contributed by atoms with Gasteiger partial charge in [0.2, 0.25) is 5.91 Å². The first-order valence-electron chi connectivity index (χ1n) is 8.33. The second kappa shape index (κ2) is 6.37. The number of carbonyl (C=O) groups is 2. The maximum Gasteiger partial charge on any atom is 0.308 e. The normalized spacial score (nSPS) is 26.1. The van der Waals surface area contributed by atoms with E-state index in [0.29, 0.717) is 24.9 Å². The Morgan fingerprint density at radius 1 is 1.24 bits per heavy atom. The number of carbonyl (C=O) groups excluding carboxylic acids is 1. The van der Waals surface area contributed by atoms with E-state index in [0.717, 1.165) is 19.3 Å². The number of carboxylic acids is 1. The van der Waals surface area contributed by atoms with Crippen molar-refractivity contribution in [3.63, 3.8) is 0 Å². The van der Waals surface area contributed by atoms with E-state index < -0.39 is 11.9 Å². The Labute approximate surface area is 127 Å². The van der Waals surface area contributed by atoms with Crippen LogP contribution in [-0.2, 0) is 9.59 Å². The third kappa shape index (κ3) is 4.21. The fourth-order valence-electron chi connectivity index (χ4n) is 3.49. The van der Waals surface area contributed by atoms with Gasteiger partial charge >= 0.3 is 5.97 Å². The first-order valence-corrected chi connectivity index (χ1v) is 8.33. The van der Waals surface area contributed by atoms with E-state index in [-0.39, 0.29) is 11.3 Å². The van der Waals surface area contributed by atoms with E-state index >= 15 is 0 Å². The molecule has 0 aromatic heterocycles. The minimum Gasteiger partial charge on any atom is -0.481 e. The maximum absolute atomic E-state index is 12.7. The average Bonchev–Trinajstić information content (AvgIpc) is 3.22. The van der Waals surface area contributed by atoms with E-state index in [9.17, 15) is 9.59 Å². The lowest BCUT2D eigenvalue weighted by Crippen LogP contribution is -2.41. The largest absolute Gasteiger partial charge is 0.481 e. The number of hydrogen-bond donors (Lipinski definition) is 1. The number of rotatable bonds is 6. The molecule has 0 radical (unpaired) electrons. The summed E-state index contributed by atoms with van der Waals surface area (Å²) in [6.45, 7) is 6.60. The summed E-state index contributed by atoms with van der Waals surface area (Å²) in [7, 11) is 0. The summed E-state index contributed by atoms with van der Waals surface area (Å²) < 4.78 is 0. The molecule has 2 fully saturated rings. The summed E-state index contributed by atoms with van der Waals surface area (Å²) in [6.07, 6.45) is 7.47. The average molecular weight is 295 g/mol. The number of nitrogens with zero attached hydrogens (tertiary/aromatic N) is 1. The Morgan fingerprint density at radius 2 is 1.90 bits per heavy atom. The maximum atomic E-state index is 12.7. The van der Waals surface area contributed by atoms with E-state index in [4.69, 9.17) is 5.11 Å².